The zero-order chi connectivity index (χ0) is 19.3. The molecule has 3 heterocycles. The van der Waals surface area contributed by atoms with E-state index in [-0.39, 0.29) is 24.2 Å². The van der Waals surface area contributed by atoms with Crippen LogP contribution in [0.15, 0.2) is 60.1 Å². The Morgan fingerprint density at radius 1 is 1.14 bits per heavy atom. The van der Waals surface area contributed by atoms with Crippen molar-refractivity contribution in [2.24, 2.45) is 5.92 Å². The van der Waals surface area contributed by atoms with E-state index in [4.69, 9.17) is 0 Å². The third-order valence-corrected chi connectivity index (χ3v) is 5.52. The third kappa shape index (κ3) is 4.26. The SMILES string of the molecule is O=C(Nc1nc(-c2ccccn2)cs1)C1CC(=O)N(CCc2ccccc2)C1. The molecule has 1 unspecified atom stereocenters. The number of nitrogens with zero attached hydrogens (tertiary/aromatic N) is 3. The van der Waals surface area contributed by atoms with Crippen molar-refractivity contribution in [3.8, 4) is 11.4 Å². The van der Waals surface area contributed by atoms with Crippen LogP contribution in [-0.4, -0.2) is 39.8 Å². The summed E-state index contributed by atoms with van der Waals surface area (Å²) in [5, 5.41) is 5.24. The highest BCUT2D eigenvalue weighted by molar-refractivity contribution is 7.14. The van der Waals surface area contributed by atoms with Gasteiger partial charge in [-0.3, -0.25) is 14.6 Å². The van der Waals surface area contributed by atoms with E-state index in [0.29, 0.717) is 18.2 Å². The van der Waals surface area contributed by atoms with E-state index in [1.807, 2.05) is 53.9 Å². The van der Waals surface area contributed by atoms with Gasteiger partial charge in [-0.05, 0) is 24.1 Å². The van der Waals surface area contributed by atoms with Crippen molar-refractivity contribution < 1.29 is 9.59 Å². The first-order chi connectivity index (χ1) is 13.7. The van der Waals surface area contributed by atoms with Gasteiger partial charge in [-0.1, -0.05) is 36.4 Å². The van der Waals surface area contributed by atoms with Crippen LogP contribution in [0.25, 0.3) is 11.4 Å². The van der Waals surface area contributed by atoms with Crippen molar-refractivity contribution in [1.82, 2.24) is 14.9 Å². The number of amides is 2. The number of pyridine rings is 1. The van der Waals surface area contributed by atoms with Crippen molar-refractivity contribution in [1.29, 1.82) is 0 Å². The first-order valence-corrected chi connectivity index (χ1v) is 10.1. The van der Waals surface area contributed by atoms with Crippen LogP contribution >= 0.6 is 11.3 Å². The monoisotopic (exact) mass is 392 g/mol. The van der Waals surface area contributed by atoms with Crippen molar-refractivity contribution in [3.05, 3.63) is 65.7 Å². The van der Waals surface area contributed by atoms with Crippen LogP contribution in [0.5, 0.6) is 0 Å². The topological polar surface area (TPSA) is 75.2 Å². The highest BCUT2D eigenvalue weighted by Gasteiger charge is 2.34. The summed E-state index contributed by atoms with van der Waals surface area (Å²) in [4.78, 5) is 35.3. The predicted molar refractivity (Wildman–Crippen MR) is 109 cm³/mol. The van der Waals surface area contributed by atoms with Gasteiger partial charge in [-0.25, -0.2) is 4.98 Å². The van der Waals surface area contributed by atoms with E-state index in [2.05, 4.69) is 15.3 Å². The molecule has 0 aliphatic carbocycles. The van der Waals surface area contributed by atoms with E-state index in [1.54, 1.807) is 11.1 Å². The normalized spacial score (nSPS) is 16.4. The summed E-state index contributed by atoms with van der Waals surface area (Å²) in [6.07, 6.45) is 2.75. The van der Waals surface area contributed by atoms with Gasteiger partial charge in [-0.2, -0.15) is 0 Å². The molecule has 28 heavy (non-hydrogen) atoms. The maximum atomic E-state index is 12.6. The Bertz CT molecular complexity index is 959. The Morgan fingerprint density at radius 2 is 1.96 bits per heavy atom. The number of benzene rings is 1. The summed E-state index contributed by atoms with van der Waals surface area (Å²) in [5.74, 6) is -0.465. The average molecular weight is 392 g/mol. The van der Waals surface area contributed by atoms with Gasteiger partial charge in [0.05, 0.1) is 11.6 Å². The standard InChI is InChI=1S/C21H20N4O2S/c26-19-12-16(13-25(19)11-9-15-6-2-1-3-7-15)20(27)24-21-23-18(14-28-21)17-8-4-5-10-22-17/h1-8,10,14,16H,9,11-13H2,(H,23,24,27). The lowest BCUT2D eigenvalue weighted by Crippen LogP contribution is -2.30. The predicted octanol–water partition coefficient (Wildman–Crippen LogP) is 3.23. The van der Waals surface area contributed by atoms with Crippen LogP contribution in [0.1, 0.15) is 12.0 Å². The van der Waals surface area contributed by atoms with Crippen LogP contribution in [-0.2, 0) is 16.0 Å². The largest absolute Gasteiger partial charge is 0.342 e. The van der Waals surface area contributed by atoms with Crippen LogP contribution in [0.2, 0.25) is 0 Å². The van der Waals surface area contributed by atoms with Crippen molar-refractivity contribution in [2.45, 2.75) is 12.8 Å². The van der Waals surface area contributed by atoms with Gasteiger partial charge in [0.25, 0.3) is 0 Å². The van der Waals surface area contributed by atoms with Gasteiger partial charge in [0.15, 0.2) is 5.13 Å². The first-order valence-electron chi connectivity index (χ1n) is 9.18. The Labute approximate surface area is 167 Å². The zero-order valence-corrected chi connectivity index (χ0v) is 16.1. The number of rotatable bonds is 6. The molecule has 1 N–H and O–H groups in total. The minimum Gasteiger partial charge on any atom is -0.342 e. The molecule has 0 saturated carbocycles. The molecule has 1 aliphatic rings. The molecule has 1 saturated heterocycles. The van der Waals surface area contributed by atoms with E-state index >= 15 is 0 Å². The minimum absolute atomic E-state index is 0.0318. The summed E-state index contributed by atoms with van der Waals surface area (Å²) >= 11 is 1.36. The third-order valence-electron chi connectivity index (χ3n) is 4.76. The smallest absolute Gasteiger partial charge is 0.231 e. The molecule has 1 atom stereocenters. The molecule has 7 heteroatoms. The summed E-state index contributed by atoms with van der Waals surface area (Å²) in [6.45, 7) is 1.09. The quantitative estimate of drug-likeness (QED) is 0.699. The number of carbonyl (C=O) groups is 2. The second-order valence-corrected chi connectivity index (χ2v) is 7.58. The fourth-order valence-electron chi connectivity index (χ4n) is 3.24. The highest BCUT2D eigenvalue weighted by atomic mass is 32.1. The zero-order valence-electron chi connectivity index (χ0n) is 15.2. The number of hydrogen-bond donors (Lipinski definition) is 1. The number of carbonyl (C=O) groups excluding carboxylic acids is 2. The number of nitrogens with one attached hydrogen (secondary N) is 1. The van der Waals surface area contributed by atoms with Crippen LogP contribution in [0.4, 0.5) is 5.13 Å². The number of anilines is 1. The van der Waals surface area contributed by atoms with Crippen molar-refractivity contribution in [3.63, 3.8) is 0 Å². The van der Waals surface area contributed by atoms with E-state index in [0.717, 1.165) is 17.8 Å². The summed E-state index contributed by atoms with van der Waals surface area (Å²) in [7, 11) is 0. The van der Waals surface area contributed by atoms with Gasteiger partial charge in [0.1, 0.15) is 5.69 Å². The molecule has 142 valence electrons. The molecular formula is C21H20N4O2S. The van der Waals surface area contributed by atoms with Gasteiger partial charge in [-0.15, -0.1) is 11.3 Å². The molecule has 0 bridgehead atoms. The average Bonchev–Trinajstić information content (AvgIpc) is 3.34. The van der Waals surface area contributed by atoms with Crippen molar-refractivity contribution in [2.75, 3.05) is 18.4 Å². The maximum absolute atomic E-state index is 12.6. The lowest BCUT2D eigenvalue weighted by Gasteiger charge is -2.16. The number of thiazole rings is 1. The van der Waals surface area contributed by atoms with Crippen molar-refractivity contribution >= 4 is 28.3 Å². The van der Waals surface area contributed by atoms with Crippen LogP contribution in [0.3, 0.4) is 0 Å². The van der Waals surface area contributed by atoms with Crippen LogP contribution in [0, 0.1) is 5.92 Å². The van der Waals surface area contributed by atoms with E-state index in [1.165, 1.54) is 16.9 Å². The molecule has 4 rings (SSSR count). The van der Waals surface area contributed by atoms with Gasteiger partial charge < -0.3 is 10.2 Å². The fourth-order valence-corrected chi connectivity index (χ4v) is 3.95. The Balaban J connectivity index is 1.33. The van der Waals surface area contributed by atoms with Gasteiger partial charge in [0.2, 0.25) is 11.8 Å². The number of hydrogen-bond acceptors (Lipinski definition) is 5. The first kappa shape index (κ1) is 18.3. The summed E-state index contributed by atoms with van der Waals surface area (Å²) < 4.78 is 0. The molecule has 3 aromatic rings. The lowest BCUT2D eigenvalue weighted by atomic mass is 10.1. The molecule has 0 spiro atoms. The van der Waals surface area contributed by atoms with Gasteiger partial charge >= 0.3 is 0 Å². The summed E-state index contributed by atoms with van der Waals surface area (Å²) in [6, 6.07) is 15.7. The fraction of sp³-hybridized carbons (Fsp3) is 0.238. The molecule has 0 radical (unpaired) electrons. The minimum atomic E-state index is -0.342. The Kier molecular flexibility index (Phi) is 5.43. The molecule has 6 nitrogen and oxygen atoms in total. The number of likely N-dealkylation sites (tertiary alicyclic amines) is 1. The van der Waals surface area contributed by atoms with Crippen LogP contribution < -0.4 is 5.32 Å². The molecule has 1 aromatic carbocycles. The van der Waals surface area contributed by atoms with E-state index < -0.39 is 0 Å². The second-order valence-electron chi connectivity index (χ2n) is 6.72. The molecule has 1 fully saturated rings. The van der Waals surface area contributed by atoms with E-state index in [9.17, 15) is 9.59 Å². The molecule has 2 aromatic heterocycles. The van der Waals surface area contributed by atoms with Gasteiger partial charge in [0, 0.05) is 31.1 Å². The lowest BCUT2D eigenvalue weighted by molar-refractivity contribution is -0.128. The molecule has 1 aliphatic heterocycles. The Morgan fingerprint density at radius 3 is 2.75 bits per heavy atom. The summed E-state index contributed by atoms with van der Waals surface area (Å²) in [5.41, 5.74) is 2.68. The second kappa shape index (κ2) is 8.31. The highest BCUT2D eigenvalue weighted by Crippen LogP contribution is 2.25. The number of aromatic nitrogens is 2. The molecule has 2 amide bonds. The maximum Gasteiger partial charge on any atom is 0.231 e. The Hall–Kier alpha value is -3.06. The molecular weight excluding hydrogens is 372 g/mol.